The van der Waals surface area contributed by atoms with Gasteiger partial charge in [-0.05, 0) is 30.9 Å². The Labute approximate surface area is 111 Å². The van der Waals surface area contributed by atoms with Crippen LogP contribution in [0.25, 0.3) is 0 Å². The highest BCUT2D eigenvalue weighted by molar-refractivity contribution is 6.17. The zero-order valence-electron chi connectivity index (χ0n) is 9.97. The maximum atomic E-state index is 12.2. The van der Waals surface area contributed by atoms with Crippen molar-refractivity contribution in [2.75, 3.05) is 19.0 Å². The second-order valence-electron chi connectivity index (χ2n) is 4.55. The van der Waals surface area contributed by atoms with Crippen molar-refractivity contribution < 1.29 is 15.0 Å². The van der Waals surface area contributed by atoms with Crippen molar-refractivity contribution in [1.29, 1.82) is 0 Å². The molecule has 0 aliphatic carbocycles. The van der Waals surface area contributed by atoms with E-state index in [1.54, 1.807) is 4.90 Å². The van der Waals surface area contributed by atoms with Crippen LogP contribution in [0.15, 0.2) is 18.2 Å². The van der Waals surface area contributed by atoms with Crippen molar-refractivity contribution in [3.8, 4) is 11.5 Å². The molecule has 1 fully saturated rings. The van der Waals surface area contributed by atoms with Gasteiger partial charge >= 0.3 is 0 Å². The van der Waals surface area contributed by atoms with E-state index in [0.717, 1.165) is 12.8 Å². The van der Waals surface area contributed by atoms with Crippen LogP contribution >= 0.6 is 11.6 Å². The van der Waals surface area contributed by atoms with Gasteiger partial charge in [-0.25, -0.2) is 0 Å². The molecule has 2 rings (SSSR count). The molecule has 1 aliphatic rings. The molecule has 1 unspecified atom stereocenters. The Balaban J connectivity index is 2.13. The lowest BCUT2D eigenvalue weighted by atomic mass is 10.1. The number of aromatic hydroxyl groups is 2. The van der Waals surface area contributed by atoms with Crippen molar-refractivity contribution in [3.05, 3.63) is 23.8 Å². The van der Waals surface area contributed by atoms with E-state index in [9.17, 15) is 15.0 Å². The number of hydrogen-bond donors (Lipinski definition) is 2. The van der Waals surface area contributed by atoms with E-state index in [4.69, 9.17) is 11.6 Å². The van der Waals surface area contributed by atoms with Crippen molar-refractivity contribution in [3.63, 3.8) is 0 Å². The summed E-state index contributed by atoms with van der Waals surface area (Å²) in [5.41, 5.74) is -0.0102. The highest BCUT2D eigenvalue weighted by atomic mass is 35.5. The van der Waals surface area contributed by atoms with E-state index in [1.165, 1.54) is 18.2 Å². The van der Waals surface area contributed by atoms with Crippen LogP contribution < -0.4 is 0 Å². The number of phenolic OH excluding ortho intramolecular Hbond substituents is 2. The van der Waals surface area contributed by atoms with Gasteiger partial charge in [0.2, 0.25) is 0 Å². The fourth-order valence-corrected chi connectivity index (χ4v) is 2.62. The lowest BCUT2D eigenvalue weighted by molar-refractivity contribution is 0.0781. The van der Waals surface area contributed by atoms with E-state index in [-0.39, 0.29) is 23.0 Å². The van der Waals surface area contributed by atoms with E-state index < -0.39 is 0 Å². The number of halogens is 1. The van der Waals surface area contributed by atoms with Crippen LogP contribution in [0.1, 0.15) is 23.2 Å². The van der Waals surface area contributed by atoms with E-state index in [2.05, 4.69) is 0 Å². The molecule has 0 aromatic heterocycles. The lowest BCUT2D eigenvalue weighted by Crippen LogP contribution is -2.28. The summed E-state index contributed by atoms with van der Waals surface area (Å²) in [5.74, 6) is 0.331. The molecule has 4 nitrogen and oxygen atoms in total. The van der Waals surface area contributed by atoms with Crippen LogP contribution in [0.2, 0.25) is 0 Å². The molecule has 1 atom stereocenters. The van der Waals surface area contributed by atoms with E-state index >= 15 is 0 Å². The Morgan fingerprint density at radius 1 is 1.39 bits per heavy atom. The van der Waals surface area contributed by atoms with Crippen LogP contribution in [0.4, 0.5) is 0 Å². The van der Waals surface area contributed by atoms with Crippen molar-refractivity contribution in [1.82, 2.24) is 4.90 Å². The Kier molecular flexibility index (Phi) is 3.97. The first-order valence-corrected chi connectivity index (χ1v) is 6.53. The molecule has 98 valence electrons. The van der Waals surface area contributed by atoms with Gasteiger partial charge in [0.05, 0.1) is 0 Å². The van der Waals surface area contributed by atoms with Gasteiger partial charge in [-0.15, -0.1) is 11.6 Å². The number of rotatable bonds is 3. The van der Waals surface area contributed by atoms with Crippen LogP contribution in [0.5, 0.6) is 11.5 Å². The molecule has 1 aromatic carbocycles. The Hall–Kier alpha value is -1.42. The first-order valence-electron chi connectivity index (χ1n) is 5.99. The van der Waals surface area contributed by atoms with Crippen LogP contribution in [0.3, 0.4) is 0 Å². The summed E-state index contributed by atoms with van der Waals surface area (Å²) in [4.78, 5) is 13.9. The smallest absolute Gasteiger partial charge is 0.261 e. The molecule has 1 saturated heterocycles. The molecule has 1 heterocycles. The van der Waals surface area contributed by atoms with E-state index in [1.807, 2.05) is 0 Å². The molecule has 0 bridgehead atoms. The fraction of sp³-hybridized carbons (Fsp3) is 0.462. The number of carbonyl (C=O) groups is 1. The third-order valence-corrected chi connectivity index (χ3v) is 3.54. The number of benzene rings is 1. The number of carbonyl (C=O) groups excluding carboxylic acids is 1. The standard InChI is InChI=1S/C13H16ClNO3/c14-6-4-9-5-7-15(8-9)13(18)12-10(16)2-1-3-11(12)17/h1-3,9,16-17H,4-8H2. The molecule has 5 heteroatoms. The molecule has 1 aromatic rings. The number of hydrogen-bond acceptors (Lipinski definition) is 3. The Morgan fingerprint density at radius 2 is 2.06 bits per heavy atom. The molecule has 0 saturated carbocycles. The van der Waals surface area contributed by atoms with Gasteiger partial charge < -0.3 is 15.1 Å². The number of amides is 1. The number of alkyl halides is 1. The zero-order valence-corrected chi connectivity index (χ0v) is 10.7. The number of likely N-dealkylation sites (tertiary alicyclic amines) is 1. The summed E-state index contributed by atoms with van der Waals surface area (Å²) in [6.45, 7) is 1.29. The number of phenols is 2. The maximum Gasteiger partial charge on any atom is 0.261 e. The van der Waals surface area contributed by atoms with Crippen LogP contribution in [0, 0.1) is 5.92 Å². The maximum absolute atomic E-state index is 12.2. The monoisotopic (exact) mass is 269 g/mol. The third kappa shape index (κ3) is 2.53. The normalized spacial score (nSPS) is 19.2. The minimum Gasteiger partial charge on any atom is -0.507 e. The summed E-state index contributed by atoms with van der Waals surface area (Å²) in [5, 5.41) is 19.3. The van der Waals surface area contributed by atoms with Crippen LogP contribution in [-0.2, 0) is 0 Å². The molecule has 18 heavy (non-hydrogen) atoms. The molecular weight excluding hydrogens is 254 g/mol. The second kappa shape index (κ2) is 5.48. The largest absolute Gasteiger partial charge is 0.507 e. The van der Waals surface area contributed by atoms with Gasteiger partial charge in [0, 0.05) is 19.0 Å². The van der Waals surface area contributed by atoms with Gasteiger partial charge in [0.1, 0.15) is 17.1 Å². The van der Waals surface area contributed by atoms with Gasteiger partial charge in [-0.3, -0.25) is 4.79 Å². The first kappa shape index (κ1) is 13.0. The minimum atomic E-state index is -0.317. The third-order valence-electron chi connectivity index (χ3n) is 3.32. The minimum absolute atomic E-state index is 0.0102. The summed E-state index contributed by atoms with van der Waals surface area (Å²) < 4.78 is 0. The number of nitrogens with zero attached hydrogens (tertiary/aromatic N) is 1. The van der Waals surface area contributed by atoms with Gasteiger partial charge in [-0.1, -0.05) is 6.07 Å². The highest BCUT2D eigenvalue weighted by Crippen LogP contribution is 2.30. The fourth-order valence-electron chi connectivity index (χ4n) is 2.31. The predicted octanol–water partition coefficient (Wildman–Crippen LogP) is 2.19. The van der Waals surface area contributed by atoms with Crippen molar-refractivity contribution in [2.24, 2.45) is 5.92 Å². The predicted molar refractivity (Wildman–Crippen MR) is 69.1 cm³/mol. The lowest BCUT2D eigenvalue weighted by Gasteiger charge is -2.17. The molecule has 0 radical (unpaired) electrons. The summed E-state index contributed by atoms with van der Waals surface area (Å²) in [6, 6.07) is 4.31. The zero-order chi connectivity index (χ0) is 13.1. The second-order valence-corrected chi connectivity index (χ2v) is 4.93. The quantitative estimate of drug-likeness (QED) is 0.827. The van der Waals surface area contributed by atoms with Crippen molar-refractivity contribution in [2.45, 2.75) is 12.8 Å². The van der Waals surface area contributed by atoms with Crippen LogP contribution in [-0.4, -0.2) is 40.0 Å². The summed E-state index contributed by atoms with van der Waals surface area (Å²) >= 11 is 5.69. The molecular formula is C13H16ClNO3. The molecule has 1 aliphatic heterocycles. The summed E-state index contributed by atoms with van der Waals surface area (Å²) in [6.07, 6.45) is 1.81. The molecule has 1 amide bonds. The highest BCUT2D eigenvalue weighted by Gasteiger charge is 2.29. The Bertz CT molecular complexity index is 430. The van der Waals surface area contributed by atoms with Gasteiger partial charge in [0.15, 0.2) is 0 Å². The molecule has 2 N–H and O–H groups in total. The Morgan fingerprint density at radius 3 is 2.67 bits per heavy atom. The average molecular weight is 270 g/mol. The van der Waals surface area contributed by atoms with Crippen molar-refractivity contribution >= 4 is 17.5 Å². The van der Waals surface area contributed by atoms with Gasteiger partial charge in [0.25, 0.3) is 5.91 Å². The average Bonchev–Trinajstić information content (AvgIpc) is 2.78. The summed E-state index contributed by atoms with van der Waals surface area (Å²) in [7, 11) is 0. The first-order chi connectivity index (χ1) is 8.63. The topological polar surface area (TPSA) is 60.8 Å². The molecule has 0 spiro atoms. The van der Waals surface area contributed by atoms with E-state index in [0.29, 0.717) is 24.9 Å². The van der Waals surface area contributed by atoms with Gasteiger partial charge in [-0.2, -0.15) is 0 Å². The SMILES string of the molecule is O=C(c1c(O)cccc1O)N1CCC(CCCl)C1.